The van der Waals surface area contributed by atoms with Gasteiger partial charge in [-0.1, -0.05) is 0 Å². The van der Waals surface area contributed by atoms with Gasteiger partial charge in [0.1, 0.15) is 0 Å². The van der Waals surface area contributed by atoms with Crippen LogP contribution in [0.25, 0.3) is 0 Å². The number of nitrogens with two attached hydrogens (primary N) is 1. The van der Waals surface area contributed by atoms with E-state index in [9.17, 15) is 0 Å². The second-order valence-electron chi connectivity index (χ2n) is 3.05. The third kappa shape index (κ3) is 0.762. The van der Waals surface area contributed by atoms with E-state index in [4.69, 9.17) is 5.73 Å². The van der Waals surface area contributed by atoms with Crippen molar-refractivity contribution in [2.24, 2.45) is 12.8 Å². The summed E-state index contributed by atoms with van der Waals surface area (Å²) in [6, 6.07) is 4.64. The standard InChI is InChI=1S/C8H12N2/c1-10-4-2-3-8(10)6-5-7(6)9/h2-4,6-7H,5,9H2,1H3/t6-,7-/m1/s1. The lowest BCUT2D eigenvalue weighted by atomic mass is 10.3. The summed E-state index contributed by atoms with van der Waals surface area (Å²) in [6.45, 7) is 0. The number of aromatic nitrogens is 1. The van der Waals surface area contributed by atoms with Crippen molar-refractivity contribution in [3.63, 3.8) is 0 Å². The van der Waals surface area contributed by atoms with E-state index in [-0.39, 0.29) is 0 Å². The Kier molecular flexibility index (Phi) is 1.11. The molecular weight excluding hydrogens is 124 g/mol. The van der Waals surface area contributed by atoms with Crippen molar-refractivity contribution < 1.29 is 0 Å². The lowest BCUT2D eigenvalue weighted by Gasteiger charge is -1.98. The van der Waals surface area contributed by atoms with Gasteiger partial charge in [0.05, 0.1) is 0 Å². The van der Waals surface area contributed by atoms with Crippen LogP contribution in [0.4, 0.5) is 0 Å². The molecule has 0 aliphatic heterocycles. The summed E-state index contributed by atoms with van der Waals surface area (Å²) in [7, 11) is 2.07. The Morgan fingerprint density at radius 2 is 2.40 bits per heavy atom. The average molecular weight is 136 g/mol. The van der Waals surface area contributed by atoms with E-state index in [1.54, 1.807) is 0 Å². The molecule has 0 radical (unpaired) electrons. The molecule has 2 rings (SSSR count). The largest absolute Gasteiger partial charge is 0.354 e. The average Bonchev–Trinajstić information content (AvgIpc) is 2.42. The van der Waals surface area contributed by atoms with E-state index in [0.29, 0.717) is 12.0 Å². The van der Waals surface area contributed by atoms with Crippen LogP contribution in [-0.4, -0.2) is 10.6 Å². The van der Waals surface area contributed by atoms with Crippen molar-refractivity contribution in [1.82, 2.24) is 4.57 Å². The minimum atomic E-state index is 0.425. The van der Waals surface area contributed by atoms with Crippen molar-refractivity contribution in [3.8, 4) is 0 Å². The van der Waals surface area contributed by atoms with Gasteiger partial charge >= 0.3 is 0 Å². The lowest BCUT2D eigenvalue weighted by molar-refractivity contribution is 0.813. The van der Waals surface area contributed by atoms with Crippen molar-refractivity contribution in [1.29, 1.82) is 0 Å². The van der Waals surface area contributed by atoms with E-state index >= 15 is 0 Å². The molecule has 0 spiro atoms. The minimum Gasteiger partial charge on any atom is -0.354 e. The van der Waals surface area contributed by atoms with E-state index in [2.05, 4.69) is 29.9 Å². The van der Waals surface area contributed by atoms with Crippen molar-refractivity contribution >= 4 is 0 Å². The molecule has 1 saturated carbocycles. The predicted octanol–water partition coefficient (Wildman–Crippen LogP) is 0.840. The van der Waals surface area contributed by atoms with Crippen LogP contribution in [0.2, 0.25) is 0 Å². The summed E-state index contributed by atoms with van der Waals surface area (Å²) in [5, 5.41) is 0. The summed E-state index contributed by atoms with van der Waals surface area (Å²) in [5.41, 5.74) is 7.10. The Balaban J connectivity index is 2.26. The Labute approximate surface area is 60.6 Å². The first-order chi connectivity index (χ1) is 4.79. The molecule has 2 heteroatoms. The highest BCUT2D eigenvalue weighted by molar-refractivity contribution is 5.21. The zero-order chi connectivity index (χ0) is 7.14. The molecule has 0 aromatic carbocycles. The lowest BCUT2D eigenvalue weighted by Crippen LogP contribution is -2.03. The van der Waals surface area contributed by atoms with Gasteiger partial charge < -0.3 is 10.3 Å². The molecule has 1 aromatic rings. The van der Waals surface area contributed by atoms with Crippen LogP contribution >= 0.6 is 0 Å². The highest BCUT2D eigenvalue weighted by Gasteiger charge is 2.36. The summed E-state index contributed by atoms with van der Waals surface area (Å²) in [5.74, 6) is 0.639. The number of hydrogen-bond acceptors (Lipinski definition) is 1. The first-order valence-corrected chi connectivity index (χ1v) is 3.66. The van der Waals surface area contributed by atoms with Crippen LogP contribution in [0, 0.1) is 0 Å². The maximum atomic E-state index is 5.71. The van der Waals surface area contributed by atoms with E-state index < -0.39 is 0 Å². The Hall–Kier alpha value is -0.760. The smallest absolute Gasteiger partial charge is 0.0218 e. The molecule has 2 N–H and O–H groups in total. The summed E-state index contributed by atoms with van der Waals surface area (Å²) in [4.78, 5) is 0. The quantitative estimate of drug-likeness (QED) is 0.609. The number of aryl methyl sites for hydroxylation is 1. The van der Waals surface area contributed by atoms with Gasteiger partial charge in [0, 0.05) is 30.9 Å². The Morgan fingerprint density at radius 3 is 2.80 bits per heavy atom. The first-order valence-electron chi connectivity index (χ1n) is 3.66. The topological polar surface area (TPSA) is 30.9 Å². The molecule has 2 nitrogen and oxygen atoms in total. The van der Waals surface area contributed by atoms with Gasteiger partial charge in [-0.15, -0.1) is 0 Å². The Bertz CT molecular complexity index is 239. The maximum absolute atomic E-state index is 5.71. The van der Waals surface area contributed by atoms with Crippen molar-refractivity contribution in [2.45, 2.75) is 18.4 Å². The van der Waals surface area contributed by atoms with Crippen LogP contribution < -0.4 is 5.73 Å². The van der Waals surface area contributed by atoms with Crippen LogP contribution in [0.15, 0.2) is 18.3 Å². The molecule has 2 atom stereocenters. The summed E-state index contributed by atoms with van der Waals surface area (Å²) in [6.07, 6.45) is 3.23. The molecule has 0 saturated heterocycles. The number of nitrogens with zero attached hydrogens (tertiary/aromatic N) is 1. The molecule has 10 heavy (non-hydrogen) atoms. The van der Waals surface area contributed by atoms with Gasteiger partial charge in [-0.3, -0.25) is 0 Å². The molecule has 1 aliphatic rings. The van der Waals surface area contributed by atoms with Gasteiger partial charge in [0.2, 0.25) is 0 Å². The van der Waals surface area contributed by atoms with Crippen LogP contribution in [-0.2, 0) is 7.05 Å². The summed E-state index contributed by atoms with van der Waals surface area (Å²) < 4.78 is 2.15. The normalized spacial score (nSPS) is 30.6. The monoisotopic (exact) mass is 136 g/mol. The first kappa shape index (κ1) is 5.98. The van der Waals surface area contributed by atoms with Crippen molar-refractivity contribution in [3.05, 3.63) is 24.0 Å². The fraction of sp³-hybridized carbons (Fsp3) is 0.500. The molecule has 0 unspecified atom stereocenters. The van der Waals surface area contributed by atoms with Crippen LogP contribution in [0.5, 0.6) is 0 Å². The molecular formula is C8H12N2. The number of rotatable bonds is 1. The summed E-state index contributed by atoms with van der Waals surface area (Å²) >= 11 is 0. The zero-order valence-corrected chi connectivity index (χ0v) is 6.12. The fourth-order valence-electron chi connectivity index (χ4n) is 1.41. The minimum absolute atomic E-state index is 0.425. The van der Waals surface area contributed by atoms with Gasteiger partial charge in [-0.2, -0.15) is 0 Å². The van der Waals surface area contributed by atoms with E-state index in [1.165, 1.54) is 5.69 Å². The van der Waals surface area contributed by atoms with Crippen LogP contribution in [0.3, 0.4) is 0 Å². The molecule has 1 fully saturated rings. The molecule has 0 bridgehead atoms. The SMILES string of the molecule is Cn1cccc1[C@@H]1C[C@H]1N. The molecule has 1 aromatic heterocycles. The Morgan fingerprint density at radius 1 is 1.70 bits per heavy atom. The second-order valence-corrected chi connectivity index (χ2v) is 3.05. The van der Waals surface area contributed by atoms with Gasteiger partial charge in [-0.05, 0) is 18.6 Å². The third-order valence-electron chi connectivity index (χ3n) is 2.20. The van der Waals surface area contributed by atoms with Gasteiger partial charge in [-0.25, -0.2) is 0 Å². The zero-order valence-electron chi connectivity index (χ0n) is 6.12. The molecule has 54 valence electrons. The van der Waals surface area contributed by atoms with E-state index in [1.807, 2.05) is 0 Å². The highest BCUT2D eigenvalue weighted by atomic mass is 15.0. The maximum Gasteiger partial charge on any atom is 0.0218 e. The van der Waals surface area contributed by atoms with E-state index in [0.717, 1.165) is 6.42 Å². The highest BCUT2D eigenvalue weighted by Crippen LogP contribution is 2.38. The molecule has 1 heterocycles. The second kappa shape index (κ2) is 1.86. The number of hydrogen-bond donors (Lipinski definition) is 1. The van der Waals surface area contributed by atoms with Gasteiger partial charge in [0.15, 0.2) is 0 Å². The van der Waals surface area contributed by atoms with Crippen LogP contribution in [0.1, 0.15) is 18.0 Å². The van der Waals surface area contributed by atoms with Crippen molar-refractivity contribution in [2.75, 3.05) is 0 Å². The third-order valence-corrected chi connectivity index (χ3v) is 2.20. The molecule has 0 amide bonds. The van der Waals surface area contributed by atoms with Gasteiger partial charge in [0.25, 0.3) is 0 Å². The predicted molar refractivity (Wildman–Crippen MR) is 40.7 cm³/mol. The fourth-order valence-corrected chi connectivity index (χ4v) is 1.41. The molecule has 1 aliphatic carbocycles.